The molecule has 18 nitrogen and oxygen atoms in total. The highest BCUT2D eigenvalue weighted by Crippen LogP contribution is 2.46. The Bertz CT molecular complexity index is 2830. The van der Waals surface area contributed by atoms with Gasteiger partial charge in [-0.15, -0.1) is 0 Å². The third-order valence-electron chi connectivity index (χ3n) is 13.3. The summed E-state index contributed by atoms with van der Waals surface area (Å²) < 4.78 is 22.1. The Hall–Kier alpha value is -7.15. The number of fused-ring (bicyclic) bond motifs is 5. The molecule has 2 aromatic carbocycles. The van der Waals surface area contributed by atoms with Crippen LogP contribution < -0.4 is 32.1 Å². The number of hydrogen-bond donors (Lipinski definition) is 6. The Balaban J connectivity index is 0.926. The molecule has 0 spiro atoms. The molecule has 7 rings (SSSR count). The summed E-state index contributed by atoms with van der Waals surface area (Å²) >= 11 is 0. The number of nitrogens with zero attached hydrogens (tertiary/aromatic N) is 2. The number of rotatable bonds is 22. The van der Waals surface area contributed by atoms with Gasteiger partial charge in [0.15, 0.2) is 17.2 Å². The van der Waals surface area contributed by atoms with Crippen molar-refractivity contribution in [2.45, 2.75) is 129 Å². The van der Waals surface area contributed by atoms with Crippen LogP contribution in [0.4, 0.5) is 4.39 Å². The highest BCUT2D eigenvalue weighted by atomic mass is 19.1. The number of nitrogens with one attached hydrogen (secondary N) is 5. The number of ether oxygens (including phenoxy) is 1. The van der Waals surface area contributed by atoms with Gasteiger partial charge in [-0.2, -0.15) is 0 Å². The average Bonchev–Trinajstić information content (AvgIpc) is 3.72. The van der Waals surface area contributed by atoms with Gasteiger partial charge < -0.3 is 41.0 Å². The van der Waals surface area contributed by atoms with Gasteiger partial charge in [0, 0.05) is 80.6 Å². The quantitative estimate of drug-likeness (QED) is 0.0432. The molecule has 0 saturated heterocycles. The van der Waals surface area contributed by atoms with Gasteiger partial charge in [-0.25, -0.2) is 14.2 Å². The van der Waals surface area contributed by atoms with E-state index >= 15 is 4.39 Å². The van der Waals surface area contributed by atoms with Crippen molar-refractivity contribution >= 4 is 58.0 Å². The number of carbonyl (C=O) groups excluding carboxylic acids is 8. The Kier molecular flexibility index (Phi) is 16.0. The fraction of sp³-hybridized carbons (Fsp3) is 0.451. The van der Waals surface area contributed by atoms with Crippen molar-refractivity contribution < 1.29 is 52.6 Å². The zero-order valence-corrected chi connectivity index (χ0v) is 39.5. The Morgan fingerprint density at radius 1 is 0.857 bits per heavy atom. The van der Waals surface area contributed by atoms with Crippen LogP contribution in [0.5, 0.6) is 0 Å². The number of benzene rings is 2. The van der Waals surface area contributed by atoms with Crippen LogP contribution in [-0.2, 0) is 74.7 Å². The first-order chi connectivity index (χ1) is 33.5. The number of aryl methyl sites for hydroxylation is 1. The number of ketones is 2. The fourth-order valence-corrected chi connectivity index (χ4v) is 9.37. The van der Waals surface area contributed by atoms with Crippen LogP contribution in [0, 0.1) is 12.7 Å². The summed E-state index contributed by atoms with van der Waals surface area (Å²) in [5.74, 6) is -3.95. The molecule has 0 bridgehead atoms. The first-order valence-corrected chi connectivity index (χ1v) is 23.8. The third kappa shape index (κ3) is 11.1. The number of esters is 1. The van der Waals surface area contributed by atoms with E-state index in [1.807, 2.05) is 6.07 Å². The maximum atomic E-state index is 15.4. The topological polar surface area (TPSA) is 261 Å². The molecule has 2 aromatic heterocycles. The van der Waals surface area contributed by atoms with Crippen LogP contribution in [0.25, 0.3) is 22.3 Å². The van der Waals surface area contributed by atoms with Gasteiger partial charge >= 0.3 is 5.97 Å². The zero-order valence-electron chi connectivity index (χ0n) is 39.5. The first-order valence-electron chi connectivity index (χ1n) is 23.8. The van der Waals surface area contributed by atoms with Crippen LogP contribution in [-0.4, -0.2) is 87.4 Å². The molecule has 4 heterocycles. The molecular formula is C51H58FN7O11. The van der Waals surface area contributed by atoms with Gasteiger partial charge in [0.1, 0.15) is 12.4 Å². The summed E-state index contributed by atoms with van der Waals surface area (Å²) in [5, 5.41) is 25.7. The van der Waals surface area contributed by atoms with E-state index < -0.39 is 52.8 Å². The van der Waals surface area contributed by atoms with Crippen molar-refractivity contribution in [3.63, 3.8) is 0 Å². The molecular weight excluding hydrogens is 906 g/mol. The third-order valence-corrected chi connectivity index (χ3v) is 13.3. The molecule has 70 heavy (non-hydrogen) atoms. The summed E-state index contributed by atoms with van der Waals surface area (Å²) in [5.41, 5.74) is 2.35. The molecule has 0 saturated carbocycles. The second-order valence-electron chi connectivity index (χ2n) is 18.0. The monoisotopic (exact) mass is 963 g/mol. The lowest BCUT2D eigenvalue weighted by Crippen LogP contribution is -2.44. The zero-order chi connectivity index (χ0) is 50.3. The van der Waals surface area contributed by atoms with Gasteiger partial charge in [0.05, 0.1) is 47.6 Å². The average molecular weight is 964 g/mol. The minimum atomic E-state index is -2.03. The second kappa shape index (κ2) is 22.1. The normalized spacial score (nSPS) is 16.8. The van der Waals surface area contributed by atoms with Crippen molar-refractivity contribution in [3.8, 4) is 11.4 Å². The van der Waals surface area contributed by atoms with Crippen LogP contribution in [0.1, 0.15) is 123 Å². The van der Waals surface area contributed by atoms with Crippen molar-refractivity contribution in [3.05, 3.63) is 97.6 Å². The molecule has 1 aliphatic carbocycles. The predicted octanol–water partition coefficient (Wildman–Crippen LogP) is 2.99. The molecule has 0 unspecified atom stereocenters. The van der Waals surface area contributed by atoms with E-state index in [1.165, 1.54) is 10.6 Å². The molecule has 0 fully saturated rings. The van der Waals surface area contributed by atoms with E-state index in [0.717, 1.165) is 16.7 Å². The first kappa shape index (κ1) is 50.7. The largest absolute Gasteiger partial charge is 0.458 e. The number of cyclic esters (lactones) is 1. The molecule has 3 aliphatic rings. The fourth-order valence-electron chi connectivity index (χ4n) is 9.37. The maximum Gasteiger partial charge on any atom is 0.343 e. The summed E-state index contributed by atoms with van der Waals surface area (Å²) in [7, 11) is 0. The van der Waals surface area contributed by atoms with Crippen molar-refractivity contribution in [2.24, 2.45) is 0 Å². The molecule has 19 heteroatoms. The summed E-state index contributed by atoms with van der Waals surface area (Å²) in [6.07, 6.45) is 0.852. The Labute approximate surface area is 402 Å². The maximum absolute atomic E-state index is 15.4. The molecule has 2 aliphatic heterocycles. The van der Waals surface area contributed by atoms with Gasteiger partial charge in [0.25, 0.3) is 5.56 Å². The second-order valence-corrected chi connectivity index (χ2v) is 18.0. The lowest BCUT2D eigenvalue weighted by atomic mass is 9.81. The van der Waals surface area contributed by atoms with Crippen LogP contribution >= 0.6 is 0 Å². The molecule has 4 aromatic rings. The number of aromatic nitrogens is 2. The number of carbonyl (C=O) groups is 8. The van der Waals surface area contributed by atoms with Gasteiger partial charge in [-0.05, 0) is 67.3 Å². The molecule has 5 amide bonds. The van der Waals surface area contributed by atoms with Crippen LogP contribution in [0.3, 0.4) is 0 Å². The summed E-state index contributed by atoms with van der Waals surface area (Å²) in [6, 6.07) is 10.4. The van der Waals surface area contributed by atoms with Gasteiger partial charge in [-0.3, -0.25) is 38.4 Å². The molecule has 3 atom stereocenters. The van der Waals surface area contributed by atoms with Gasteiger partial charge in [-0.1, -0.05) is 44.2 Å². The van der Waals surface area contributed by atoms with E-state index in [2.05, 4.69) is 26.6 Å². The standard InChI is InChI=1S/C51H58FN7O11/c1-4-41(62)54-21-19-43(64)55-25-30(60)13-17-45(66)57-37(22-29-10-7-6-8-11-29)40(61)16-18-42(63)53-20-9-12-44(65)56-36-15-14-31-28(3)35(52)24-38-46(31)47(36)32-26-59-39(48(32)58-38)23-34-33(49(59)67)27-70-50(68)51(34,69)5-2/h6-8,10-11,23-24,36-37,69H,4-5,9,12-22,25-27H2,1-3H3,(H,53,63)(H,54,62)(H,55,64)(H,56,65)(H,57,66)/t36-,37-,51-/m0/s1. The number of halogens is 1. The van der Waals surface area contributed by atoms with E-state index in [0.29, 0.717) is 46.3 Å². The number of amides is 5. The van der Waals surface area contributed by atoms with Crippen molar-refractivity contribution in [1.29, 1.82) is 0 Å². The minimum absolute atomic E-state index is 0.000481. The SMILES string of the molecule is CCC(=O)NCCC(=O)NCC(=O)CCC(=O)N[C@@H](Cc1ccccc1)C(=O)CCC(=O)NCCCC(=O)N[C@H]1CCc2c(C)c(F)cc3nc4c(c1c23)Cn1c-4cc2c(c1=O)COC(=O)[C@]2(O)CC. The van der Waals surface area contributed by atoms with E-state index in [4.69, 9.17) is 9.72 Å². The summed E-state index contributed by atoms with van der Waals surface area (Å²) in [4.78, 5) is 120. The number of hydrogen-bond acceptors (Lipinski definition) is 12. The lowest BCUT2D eigenvalue weighted by Gasteiger charge is -2.31. The van der Waals surface area contributed by atoms with Crippen molar-refractivity contribution in [2.75, 3.05) is 19.6 Å². The molecule has 0 radical (unpaired) electrons. The highest BCUT2D eigenvalue weighted by molar-refractivity contribution is 5.95. The lowest BCUT2D eigenvalue weighted by molar-refractivity contribution is -0.172. The minimum Gasteiger partial charge on any atom is -0.458 e. The van der Waals surface area contributed by atoms with Crippen molar-refractivity contribution in [1.82, 2.24) is 36.1 Å². The predicted molar refractivity (Wildman–Crippen MR) is 252 cm³/mol. The smallest absolute Gasteiger partial charge is 0.343 e. The van der Waals surface area contributed by atoms with E-state index in [9.17, 15) is 48.3 Å². The highest BCUT2D eigenvalue weighted by Gasteiger charge is 2.46. The van der Waals surface area contributed by atoms with Gasteiger partial charge in [0.2, 0.25) is 29.5 Å². The number of Topliss-reactive ketones (excluding diaryl/α,β-unsaturated/α-hetero) is 2. The Morgan fingerprint density at radius 3 is 2.33 bits per heavy atom. The molecule has 370 valence electrons. The van der Waals surface area contributed by atoms with Crippen LogP contribution in [0.15, 0.2) is 47.3 Å². The Morgan fingerprint density at radius 2 is 1.59 bits per heavy atom. The van der Waals surface area contributed by atoms with E-state index in [-0.39, 0.29) is 132 Å². The van der Waals surface area contributed by atoms with Crippen LogP contribution in [0.2, 0.25) is 0 Å². The summed E-state index contributed by atoms with van der Waals surface area (Å²) in [6.45, 7) is 4.78. The number of aliphatic hydroxyl groups is 1. The molecule has 6 N–H and O–H groups in total. The van der Waals surface area contributed by atoms with E-state index in [1.54, 1.807) is 51.1 Å². The number of pyridine rings is 2.